The number of carboxylic acid groups (broad SMARTS) is 2. The smallest absolute Gasteiger partial charge is 0.328 e. The SMILES string of the molecule is CN(N)CC(O)c1ccc2ccccc2c1.O=C(O)/C=C\C(=O)O. The van der Waals surface area contributed by atoms with Gasteiger partial charge < -0.3 is 15.3 Å². The standard InChI is InChI=1S/C13H16N2O.C4H4O4/c1-15(14)9-13(16)12-7-6-10-4-2-3-5-11(10)8-12;5-3(6)1-2-4(7)8/h2-8,13,16H,9,14H2,1H3;1-2H,(H,5,6)(H,7,8)/b;2-1-. The first kappa shape index (κ1) is 19.3. The van der Waals surface area contributed by atoms with Gasteiger partial charge in [-0.3, -0.25) is 5.84 Å². The Morgan fingerprint density at radius 2 is 1.62 bits per heavy atom. The van der Waals surface area contributed by atoms with Crippen LogP contribution in [0.25, 0.3) is 10.8 Å². The van der Waals surface area contributed by atoms with Crippen molar-refractivity contribution in [3.8, 4) is 0 Å². The number of hydrogen-bond acceptors (Lipinski definition) is 5. The number of carboxylic acids is 2. The molecule has 0 spiro atoms. The Labute approximate surface area is 139 Å². The number of aliphatic carboxylic acids is 2. The van der Waals surface area contributed by atoms with Crippen molar-refractivity contribution in [3.63, 3.8) is 0 Å². The van der Waals surface area contributed by atoms with Gasteiger partial charge in [-0.2, -0.15) is 0 Å². The van der Waals surface area contributed by atoms with Crippen LogP contribution in [0.5, 0.6) is 0 Å². The Kier molecular flexibility index (Phi) is 7.57. The molecule has 7 heteroatoms. The van der Waals surface area contributed by atoms with Gasteiger partial charge in [-0.1, -0.05) is 36.4 Å². The van der Waals surface area contributed by atoms with E-state index in [2.05, 4.69) is 6.07 Å². The van der Waals surface area contributed by atoms with E-state index in [0.717, 1.165) is 10.9 Å². The highest BCUT2D eigenvalue weighted by atomic mass is 16.4. The molecule has 0 aliphatic carbocycles. The van der Waals surface area contributed by atoms with Crippen LogP contribution in [-0.4, -0.2) is 45.9 Å². The van der Waals surface area contributed by atoms with E-state index in [-0.39, 0.29) is 0 Å². The number of likely N-dealkylation sites (N-methyl/N-ethyl adjacent to an activating group) is 1. The minimum atomic E-state index is -1.26. The Hall–Kier alpha value is -2.74. The van der Waals surface area contributed by atoms with Crippen LogP contribution in [0.4, 0.5) is 0 Å². The normalized spacial score (nSPS) is 12.0. The summed E-state index contributed by atoms with van der Waals surface area (Å²) < 4.78 is 0. The molecule has 0 aliphatic heterocycles. The third kappa shape index (κ3) is 7.01. The summed E-state index contributed by atoms with van der Waals surface area (Å²) in [5.41, 5.74) is 0.899. The van der Waals surface area contributed by atoms with Crippen molar-refractivity contribution in [1.29, 1.82) is 0 Å². The molecule has 2 rings (SSSR count). The van der Waals surface area contributed by atoms with E-state index in [1.165, 1.54) is 10.4 Å². The molecular weight excluding hydrogens is 312 g/mol. The molecule has 0 radical (unpaired) electrons. The topological polar surface area (TPSA) is 124 Å². The van der Waals surface area contributed by atoms with E-state index in [1.54, 1.807) is 7.05 Å². The van der Waals surface area contributed by atoms with E-state index in [1.807, 2.05) is 36.4 Å². The zero-order valence-electron chi connectivity index (χ0n) is 13.2. The van der Waals surface area contributed by atoms with E-state index in [9.17, 15) is 14.7 Å². The number of aliphatic hydroxyl groups is 1. The fourth-order valence-electron chi connectivity index (χ4n) is 1.94. The molecule has 1 atom stereocenters. The minimum Gasteiger partial charge on any atom is -0.478 e. The molecule has 0 heterocycles. The van der Waals surface area contributed by atoms with Gasteiger partial charge in [0, 0.05) is 25.7 Å². The van der Waals surface area contributed by atoms with Crippen LogP contribution in [0, 0.1) is 0 Å². The number of rotatable bonds is 5. The van der Waals surface area contributed by atoms with Gasteiger partial charge in [-0.25, -0.2) is 14.6 Å². The molecule has 2 aromatic rings. The lowest BCUT2D eigenvalue weighted by Crippen LogP contribution is -2.30. The zero-order valence-corrected chi connectivity index (χ0v) is 13.2. The number of aliphatic hydroxyl groups excluding tert-OH is 1. The van der Waals surface area contributed by atoms with Crippen LogP contribution in [-0.2, 0) is 9.59 Å². The lowest BCUT2D eigenvalue weighted by Gasteiger charge is -2.16. The van der Waals surface area contributed by atoms with Gasteiger partial charge >= 0.3 is 11.9 Å². The monoisotopic (exact) mass is 332 g/mol. The maximum Gasteiger partial charge on any atom is 0.328 e. The van der Waals surface area contributed by atoms with Crippen molar-refractivity contribution < 1.29 is 24.9 Å². The van der Waals surface area contributed by atoms with E-state index in [0.29, 0.717) is 18.7 Å². The minimum absolute atomic E-state index is 0.429. The lowest BCUT2D eigenvalue weighted by molar-refractivity contribution is -0.134. The Balaban J connectivity index is 0.000000307. The molecule has 0 saturated heterocycles. The highest BCUT2D eigenvalue weighted by Gasteiger charge is 2.09. The van der Waals surface area contributed by atoms with Gasteiger partial charge in [-0.05, 0) is 22.4 Å². The maximum atomic E-state index is 9.93. The second kappa shape index (κ2) is 9.41. The van der Waals surface area contributed by atoms with Gasteiger partial charge in [-0.15, -0.1) is 0 Å². The Morgan fingerprint density at radius 3 is 2.12 bits per heavy atom. The number of nitrogens with zero attached hydrogens (tertiary/aromatic N) is 1. The van der Waals surface area contributed by atoms with Crippen molar-refractivity contribution in [2.75, 3.05) is 13.6 Å². The fourth-order valence-corrected chi connectivity index (χ4v) is 1.94. The van der Waals surface area contributed by atoms with E-state index < -0.39 is 18.0 Å². The molecule has 0 saturated carbocycles. The molecule has 0 amide bonds. The number of nitrogens with two attached hydrogens (primary N) is 1. The maximum absolute atomic E-state index is 9.93. The third-order valence-electron chi connectivity index (χ3n) is 2.99. The molecule has 0 aromatic heterocycles. The van der Waals surface area contributed by atoms with Crippen molar-refractivity contribution in [2.45, 2.75) is 6.10 Å². The van der Waals surface area contributed by atoms with Crippen LogP contribution in [0.15, 0.2) is 54.6 Å². The summed E-state index contributed by atoms with van der Waals surface area (Å²) in [6.07, 6.45) is 0.574. The molecule has 0 aliphatic rings. The molecule has 0 bridgehead atoms. The van der Waals surface area contributed by atoms with Gasteiger partial charge in [0.05, 0.1) is 6.10 Å². The number of hydrogen-bond donors (Lipinski definition) is 4. The summed E-state index contributed by atoms with van der Waals surface area (Å²) in [6, 6.07) is 14.1. The van der Waals surface area contributed by atoms with E-state index in [4.69, 9.17) is 16.1 Å². The molecule has 5 N–H and O–H groups in total. The van der Waals surface area contributed by atoms with Gasteiger partial charge in [0.25, 0.3) is 0 Å². The first-order valence-corrected chi connectivity index (χ1v) is 7.06. The molecule has 0 fully saturated rings. The summed E-state index contributed by atoms with van der Waals surface area (Å²) in [5.74, 6) is 3.00. The summed E-state index contributed by atoms with van der Waals surface area (Å²) in [7, 11) is 1.74. The molecule has 128 valence electrons. The number of carbonyl (C=O) groups is 2. The lowest BCUT2D eigenvalue weighted by atomic mass is 10.0. The van der Waals surface area contributed by atoms with E-state index >= 15 is 0 Å². The number of fused-ring (bicyclic) bond motifs is 1. The van der Waals surface area contributed by atoms with Crippen LogP contribution in [0.2, 0.25) is 0 Å². The zero-order chi connectivity index (χ0) is 18.1. The average molecular weight is 332 g/mol. The quantitative estimate of drug-likeness (QED) is 0.370. The van der Waals surface area contributed by atoms with Crippen LogP contribution in [0.3, 0.4) is 0 Å². The van der Waals surface area contributed by atoms with Gasteiger partial charge in [0.15, 0.2) is 0 Å². The van der Waals surface area contributed by atoms with Crippen molar-refractivity contribution in [1.82, 2.24) is 5.01 Å². The molecule has 24 heavy (non-hydrogen) atoms. The molecule has 1 unspecified atom stereocenters. The predicted octanol–water partition coefficient (Wildman–Crippen LogP) is 1.39. The molecular formula is C17H20N2O5. The highest BCUT2D eigenvalue weighted by Crippen LogP contribution is 2.20. The Bertz CT molecular complexity index is 712. The average Bonchev–Trinajstić information content (AvgIpc) is 2.52. The third-order valence-corrected chi connectivity index (χ3v) is 2.99. The van der Waals surface area contributed by atoms with Gasteiger partial charge in [0.1, 0.15) is 0 Å². The predicted molar refractivity (Wildman–Crippen MR) is 90.1 cm³/mol. The molecule has 2 aromatic carbocycles. The summed E-state index contributed by atoms with van der Waals surface area (Å²) in [6.45, 7) is 0.429. The number of hydrazine groups is 1. The second-order valence-electron chi connectivity index (χ2n) is 5.07. The van der Waals surface area contributed by atoms with Gasteiger partial charge in [0.2, 0.25) is 0 Å². The summed E-state index contributed by atoms with van der Waals surface area (Å²) in [4.78, 5) is 19.1. The summed E-state index contributed by atoms with van der Waals surface area (Å²) >= 11 is 0. The number of benzene rings is 2. The largest absolute Gasteiger partial charge is 0.478 e. The highest BCUT2D eigenvalue weighted by molar-refractivity contribution is 5.89. The van der Waals surface area contributed by atoms with Crippen LogP contribution in [0.1, 0.15) is 11.7 Å². The summed E-state index contributed by atoms with van der Waals surface area (Å²) in [5, 5.41) is 29.4. The first-order valence-electron chi connectivity index (χ1n) is 7.06. The Morgan fingerprint density at radius 1 is 1.08 bits per heavy atom. The van der Waals surface area contributed by atoms with Crippen LogP contribution >= 0.6 is 0 Å². The molecule has 7 nitrogen and oxygen atoms in total. The van der Waals surface area contributed by atoms with Crippen LogP contribution < -0.4 is 5.84 Å². The van der Waals surface area contributed by atoms with Crippen molar-refractivity contribution in [2.24, 2.45) is 5.84 Å². The fraction of sp³-hybridized carbons (Fsp3) is 0.176. The van der Waals surface area contributed by atoms with Crippen molar-refractivity contribution >= 4 is 22.7 Å². The van der Waals surface area contributed by atoms with Crippen molar-refractivity contribution in [3.05, 3.63) is 60.2 Å². The first-order chi connectivity index (χ1) is 11.3. The second-order valence-corrected chi connectivity index (χ2v) is 5.07.